The van der Waals surface area contributed by atoms with E-state index in [0.29, 0.717) is 6.04 Å². The van der Waals surface area contributed by atoms with Crippen molar-refractivity contribution in [2.75, 3.05) is 7.05 Å². The van der Waals surface area contributed by atoms with Gasteiger partial charge in [0.1, 0.15) is 0 Å². The monoisotopic (exact) mass is 195 g/mol. The van der Waals surface area contributed by atoms with E-state index in [2.05, 4.69) is 43.7 Å². The summed E-state index contributed by atoms with van der Waals surface area (Å²) < 4.78 is 0. The Labute approximate surface area is 84.2 Å². The molecule has 1 aliphatic carbocycles. The molecule has 72 valence electrons. The second-order valence-electron chi connectivity index (χ2n) is 4.07. The summed E-state index contributed by atoms with van der Waals surface area (Å²) >= 11 is 1.90. The normalized spacial score (nSPS) is 38.7. The number of hydrogen-bond donors (Lipinski definition) is 1. The van der Waals surface area contributed by atoms with Gasteiger partial charge in [-0.05, 0) is 30.3 Å². The summed E-state index contributed by atoms with van der Waals surface area (Å²) in [6.07, 6.45) is 0. The topological polar surface area (TPSA) is 12.0 Å². The summed E-state index contributed by atoms with van der Waals surface area (Å²) in [6, 6.07) is 5.15. The van der Waals surface area contributed by atoms with Crippen LogP contribution < -0.4 is 5.32 Å². The van der Waals surface area contributed by atoms with Crippen molar-refractivity contribution in [2.24, 2.45) is 11.8 Å². The predicted molar refractivity (Wildman–Crippen MR) is 58.2 cm³/mol. The Morgan fingerprint density at radius 1 is 1.31 bits per heavy atom. The molecule has 1 aliphatic rings. The van der Waals surface area contributed by atoms with Gasteiger partial charge in [-0.2, -0.15) is 0 Å². The highest BCUT2D eigenvalue weighted by Crippen LogP contribution is 2.48. The number of rotatable bonds is 2. The van der Waals surface area contributed by atoms with E-state index in [1.807, 2.05) is 11.3 Å². The third-order valence-corrected chi connectivity index (χ3v) is 4.44. The maximum absolute atomic E-state index is 3.40. The molecule has 2 unspecified atom stereocenters. The van der Waals surface area contributed by atoms with E-state index in [-0.39, 0.29) is 0 Å². The van der Waals surface area contributed by atoms with Gasteiger partial charge in [0.25, 0.3) is 0 Å². The van der Waals surface area contributed by atoms with Crippen LogP contribution in [0.4, 0.5) is 0 Å². The lowest BCUT2D eigenvalue weighted by molar-refractivity contribution is 0.106. The van der Waals surface area contributed by atoms with Gasteiger partial charge < -0.3 is 5.32 Å². The van der Waals surface area contributed by atoms with Gasteiger partial charge in [0, 0.05) is 16.8 Å². The Kier molecular flexibility index (Phi) is 2.43. The lowest BCUT2D eigenvalue weighted by Crippen LogP contribution is -2.53. The molecule has 2 heteroatoms. The van der Waals surface area contributed by atoms with E-state index < -0.39 is 0 Å². The smallest absolute Gasteiger partial charge is 0.0128 e. The van der Waals surface area contributed by atoms with Gasteiger partial charge in [0.15, 0.2) is 0 Å². The van der Waals surface area contributed by atoms with Crippen molar-refractivity contribution in [1.29, 1.82) is 0 Å². The quantitative estimate of drug-likeness (QED) is 0.765. The maximum Gasteiger partial charge on any atom is 0.0128 e. The molecule has 0 amide bonds. The molecule has 1 N–H and O–H groups in total. The van der Waals surface area contributed by atoms with Gasteiger partial charge >= 0.3 is 0 Å². The first kappa shape index (κ1) is 9.22. The Morgan fingerprint density at radius 2 is 2.00 bits per heavy atom. The summed E-state index contributed by atoms with van der Waals surface area (Å²) in [5.74, 6) is 2.37. The molecule has 0 saturated heterocycles. The second kappa shape index (κ2) is 3.43. The van der Waals surface area contributed by atoms with Crippen molar-refractivity contribution in [1.82, 2.24) is 5.32 Å². The third kappa shape index (κ3) is 1.32. The lowest BCUT2D eigenvalue weighted by Gasteiger charge is -2.49. The fourth-order valence-corrected chi connectivity index (χ4v) is 3.84. The van der Waals surface area contributed by atoms with Crippen LogP contribution in [-0.4, -0.2) is 13.1 Å². The Bertz CT molecular complexity index is 258. The zero-order chi connectivity index (χ0) is 9.42. The predicted octanol–water partition coefficient (Wildman–Crippen LogP) is 2.71. The highest BCUT2D eigenvalue weighted by Gasteiger charge is 2.45. The summed E-state index contributed by atoms with van der Waals surface area (Å²) in [4.78, 5) is 1.56. The highest BCUT2D eigenvalue weighted by molar-refractivity contribution is 7.10. The van der Waals surface area contributed by atoms with Crippen LogP contribution in [0, 0.1) is 11.8 Å². The largest absolute Gasteiger partial charge is 0.316 e. The summed E-state index contributed by atoms with van der Waals surface area (Å²) in [5.41, 5.74) is 0. The van der Waals surface area contributed by atoms with Crippen LogP contribution in [-0.2, 0) is 0 Å². The molecule has 13 heavy (non-hydrogen) atoms. The fraction of sp³-hybridized carbons (Fsp3) is 0.636. The van der Waals surface area contributed by atoms with Gasteiger partial charge in [0.05, 0.1) is 0 Å². The van der Waals surface area contributed by atoms with Crippen molar-refractivity contribution in [3.8, 4) is 0 Å². The van der Waals surface area contributed by atoms with Crippen molar-refractivity contribution in [3.05, 3.63) is 22.4 Å². The van der Waals surface area contributed by atoms with E-state index in [4.69, 9.17) is 0 Å². The summed E-state index contributed by atoms with van der Waals surface area (Å²) in [5, 5.41) is 5.58. The molecule has 2 rings (SSSR count). The van der Waals surface area contributed by atoms with Crippen LogP contribution in [0.5, 0.6) is 0 Å². The van der Waals surface area contributed by atoms with Crippen LogP contribution in [0.25, 0.3) is 0 Å². The van der Waals surface area contributed by atoms with Crippen molar-refractivity contribution < 1.29 is 0 Å². The van der Waals surface area contributed by atoms with Crippen LogP contribution >= 0.6 is 11.3 Å². The molecular formula is C11H17NS. The molecule has 1 saturated carbocycles. The van der Waals surface area contributed by atoms with Gasteiger partial charge in [-0.15, -0.1) is 11.3 Å². The standard InChI is InChI=1S/C11H17NS/c1-7-10(8(2)11(7)12-3)9-5-4-6-13-9/h4-8,10-12H,1-3H3. The molecule has 0 aliphatic heterocycles. The average molecular weight is 195 g/mol. The molecule has 1 aromatic heterocycles. The zero-order valence-electron chi connectivity index (χ0n) is 8.45. The first-order chi connectivity index (χ1) is 6.25. The summed E-state index contributed by atoms with van der Waals surface area (Å²) in [7, 11) is 2.07. The van der Waals surface area contributed by atoms with E-state index in [9.17, 15) is 0 Å². The van der Waals surface area contributed by atoms with Crippen LogP contribution in [0.15, 0.2) is 17.5 Å². The average Bonchev–Trinajstić information content (AvgIpc) is 2.58. The molecule has 2 atom stereocenters. The second-order valence-corrected chi connectivity index (χ2v) is 5.05. The van der Waals surface area contributed by atoms with Gasteiger partial charge in [0.2, 0.25) is 0 Å². The minimum Gasteiger partial charge on any atom is -0.316 e. The molecule has 0 spiro atoms. The van der Waals surface area contributed by atoms with Crippen LogP contribution in [0.3, 0.4) is 0 Å². The molecule has 0 bridgehead atoms. The number of hydrogen-bond acceptors (Lipinski definition) is 2. The lowest BCUT2D eigenvalue weighted by atomic mass is 9.62. The minimum atomic E-state index is 0.715. The van der Waals surface area contributed by atoms with E-state index >= 15 is 0 Å². The Morgan fingerprint density at radius 3 is 2.46 bits per heavy atom. The van der Waals surface area contributed by atoms with Crippen molar-refractivity contribution >= 4 is 11.3 Å². The fourth-order valence-electron chi connectivity index (χ4n) is 2.78. The maximum atomic E-state index is 3.40. The molecule has 1 heterocycles. The highest BCUT2D eigenvalue weighted by atomic mass is 32.1. The van der Waals surface area contributed by atoms with Crippen LogP contribution in [0.2, 0.25) is 0 Å². The Hall–Kier alpha value is -0.340. The van der Waals surface area contributed by atoms with Gasteiger partial charge in [-0.25, -0.2) is 0 Å². The van der Waals surface area contributed by atoms with Crippen LogP contribution in [0.1, 0.15) is 24.6 Å². The third-order valence-electron chi connectivity index (χ3n) is 3.47. The summed E-state index contributed by atoms with van der Waals surface area (Å²) in [6.45, 7) is 4.71. The van der Waals surface area contributed by atoms with E-state index in [1.165, 1.54) is 0 Å². The number of thiophene rings is 1. The molecule has 1 nitrogen and oxygen atoms in total. The van der Waals surface area contributed by atoms with Gasteiger partial charge in [-0.1, -0.05) is 19.9 Å². The molecule has 0 radical (unpaired) electrons. The van der Waals surface area contributed by atoms with E-state index in [1.54, 1.807) is 4.88 Å². The molecule has 1 fully saturated rings. The SMILES string of the molecule is CNC1C(C)C(c2cccs2)C1C. The number of nitrogens with one attached hydrogen (secondary N) is 1. The molecule has 0 aromatic carbocycles. The van der Waals surface area contributed by atoms with Gasteiger partial charge in [-0.3, -0.25) is 0 Å². The van der Waals surface area contributed by atoms with Crippen molar-refractivity contribution in [3.63, 3.8) is 0 Å². The zero-order valence-corrected chi connectivity index (χ0v) is 9.27. The first-order valence-electron chi connectivity index (χ1n) is 4.96. The van der Waals surface area contributed by atoms with Crippen molar-refractivity contribution in [2.45, 2.75) is 25.8 Å². The Balaban J connectivity index is 2.12. The van der Waals surface area contributed by atoms with E-state index in [0.717, 1.165) is 17.8 Å². The first-order valence-corrected chi connectivity index (χ1v) is 5.84. The molecule has 1 aromatic rings. The molecular weight excluding hydrogens is 178 g/mol. The minimum absolute atomic E-state index is 0.715.